The molecule has 0 bridgehead atoms. The van der Waals surface area contributed by atoms with Gasteiger partial charge >= 0.3 is 0 Å². The number of ketones is 1. The molecule has 1 rings (SSSR count). The maximum Gasteiger partial charge on any atom is 0.138 e. The predicted octanol–water partition coefficient (Wildman–Crippen LogP) is 4.07. The van der Waals surface area contributed by atoms with Crippen molar-refractivity contribution in [2.24, 2.45) is 5.41 Å². The molecule has 2 heteroatoms. The zero-order valence-corrected chi connectivity index (χ0v) is 11.1. The van der Waals surface area contributed by atoms with Crippen LogP contribution >= 0.6 is 0 Å². The number of aryl methyl sites for hydroxylation is 2. The Balaban J connectivity index is 2.52. The highest BCUT2D eigenvalue weighted by Gasteiger charge is 2.20. The molecule has 1 aromatic carbocycles. The Morgan fingerprint density at radius 2 is 1.94 bits per heavy atom. The minimum absolute atomic E-state index is 0.201. The number of hydrogen-bond acceptors (Lipinski definition) is 1. The van der Waals surface area contributed by atoms with E-state index in [1.54, 1.807) is 12.1 Å². The Labute approximate surface area is 103 Å². The van der Waals surface area contributed by atoms with Crippen LogP contribution in [-0.2, 0) is 11.2 Å². The third-order valence-electron chi connectivity index (χ3n) is 3.00. The van der Waals surface area contributed by atoms with Gasteiger partial charge in [-0.2, -0.15) is 0 Å². The average molecular weight is 236 g/mol. The number of carbonyl (C=O) groups is 1. The lowest BCUT2D eigenvalue weighted by Crippen LogP contribution is -2.19. The molecule has 0 atom stereocenters. The summed E-state index contributed by atoms with van der Waals surface area (Å²) in [5.74, 6) is 0.0688. The minimum Gasteiger partial charge on any atom is -0.299 e. The standard InChI is InChI=1S/C15H21FO/c1-11-8-9-13(16)10-12(11)6-5-7-14(17)15(2,3)4/h8-10H,5-7H2,1-4H3. The molecule has 0 aliphatic rings. The molecule has 0 saturated heterocycles. The summed E-state index contributed by atoms with van der Waals surface area (Å²) in [6.45, 7) is 7.77. The molecule has 0 aromatic heterocycles. The van der Waals surface area contributed by atoms with Gasteiger partial charge in [0, 0.05) is 11.8 Å². The first-order valence-corrected chi connectivity index (χ1v) is 6.09. The number of hydrogen-bond donors (Lipinski definition) is 0. The smallest absolute Gasteiger partial charge is 0.138 e. The van der Waals surface area contributed by atoms with Crippen molar-refractivity contribution in [3.8, 4) is 0 Å². The molecule has 17 heavy (non-hydrogen) atoms. The van der Waals surface area contributed by atoms with Crippen LogP contribution in [0.1, 0.15) is 44.7 Å². The summed E-state index contributed by atoms with van der Waals surface area (Å²) in [6, 6.07) is 4.83. The first-order valence-electron chi connectivity index (χ1n) is 6.09. The van der Waals surface area contributed by atoms with Crippen molar-refractivity contribution in [2.75, 3.05) is 0 Å². The van der Waals surface area contributed by atoms with Crippen LogP contribution in [0.15, 0.2) is 18.2 Å². The highest BCUT2D eigenvalue weighted by Crippen LogP contribution is 2.19. The largest absolute Gasteiger partial charge is 0.299 e. The molecule has 0 amide bonds. The molecule has 0 aliphatic carbocycles. The van der Waals surface area contributed by atoms with Crippen molar-refractivity contribution in [2.45, 2.75) is 47.0 Å². The first-order chi connectivity index (χ1) is 7.80. The van der Waals surface area contributed by atoms with Crippen LogP contribution in [0, 0.1) is 18.2 Å². The fourth-order valence-electron chi connectivity index (χ4n) is 1.72. The Bertz CT molecular complexity index is 402. The van der Waals surface area contributed by atoms with Crippen LogP contribution in [0.5, 0.6) is 0 Å². The van der Waals surface area contributed by atoms with Crippen molar-refractivity contribution in [3.05, 3.63) is 35.1 Å². The molecular formula is C15H21FO. The minimum atomic E-state index is -0.267. The second-order valence-corrected chi connectivity index (χ2v) is 5.60. The highest BCUT2D eigenvalue weighted by molar-refractivity contribution is 5.83. The van der Waals surface area contributed by atoms with Crippen LogP contribution in [0.2, 0.25) is 0 Å². The van der Waals surface area contributed by atoms with E-state index in [0.717, 1.165) is 24.0 Å². The third-order valence-corrected chi connectivity index (χ3v) is 3.00. The number of halogens is 1. The summed E-state index contributed by atoms with van der Waals surface area (Å²) in [6.07, 6.45) is 2.13. The summed E-state index contributed by atoms with van der Waals surface area (Å²) in [7, 11) is 0. The molecule has 1 aromatic rings. The fourth-order valence-corrected chi connectivity index (χ4v) is 1.72. The van der Waals surface area contributed by atoms with E-state index in [9.17, 15) is 9.18 Å². The SMILES string of the molecule is Cc1ccc(F)cc1CCCC(=O)C(C)(C)C. The lowest BCUT2D eigenvalue weighted by Gasteiger charge is -2.16. The Morgan fingerprint density at radius 1 is 1.29 bits per heavy atom. The third kappa shape index (κ3) is 4.29. The van der Waals surface area contributed by atoms with Crippen molar-refractivity contribution in [3.63, 3.8) is 0 Å². The van der Waals surface area contributed by atoms with Gasteiger partial charge in [0.15, 0.2) is 0 Å². The molecule has 0 saturated carbocycles. The molecule has 94 valence electrons. The zero-order chi connectivity index (χ0) is 13.1. The molecule has 0 N–H and O–H groups in total. The fraction of sp³-hybridized carbons (Fsp3) is 0.533. The van der Waals surface area contributed by atoms with E-state index in [1.807, 2.05) is 27.7 Å². The Hall–Kier alpha value is -1.18. The van der Waals surface area contributed by atoms with E-state index in [1.165, 1.54) is 6.07 Å². The lowest BCUT2D eigenvalue weighted by molar-refractivity contribution is -0.126. The van der Waals surface area contributed by atoms with Crippen LogP contribution in [-0.4, -0.2) is 5.78 Å². The van der Waals surface area contributed by atoms with Gasteiger partial charge in [-0.3, -0.25) is 4.79 Å². The molecule has 0 aliphatic heterocycles. The van der Waals surface area contributed by atoms with Crippen molar-refractivity contribution in [1.82, 2.24) is 0 Å². The van der Waals surface area contributed by atoms with E-state index >= 15 is 0 Å². The first kappa shape index (κ1) is 13.9. The van der Waals surface area contributed by atoms with E-state index in [0.29, 0.717) is 6.42 Å². The number of carbonyl (C=O) groups excluding carboxylic acids is 1. The second-order valence-electron chi connectivity index (χ2n) is 5.60. The van der Waals surface area contributed by atoms with E-state index in [4.69, 9.17) is 0 Å². The summed E-state index contributed by atoms with van der Waals surface area (Å²) >= 11 is 0. The summed E-state index contributed by atoms with van der Waals surface area (Å²) in [4.78, 5) is 11.7. The molecule has 0 spiro atoms. The molecule has 0 unspecified atom stereocenters. The predicted molar refractivity (Wildman–Crippen MR) is 68.5 cm³/mol. The van der Waals surface area contributed by atoms with Crippen LogP contribution in [0.3, 0.4) is 0 Å². The summed E-state index contributed by atoms with van der Waals surface area (Å²) < 4.78 is 13.1. The van der Waals surface area contributed by atoms with E-state index in [2.05, 4.69) is 0 Å². The molecule has 1 nitrogen and oxygen atoms in total. The van der Waals surface area contributed by atoms with Crippen molar-refractivity contribution in [1.29, 1.82) is 0 Å². The monoisotopic (exact) mass is 236 g/mol. The summed E-state index contributed by atoms with van der Waals surface area (Å²) in [5.41, 5.74) is 1.83. The van der Waals surface area contributed by atoms with Crippen molar-refractivity contribution < 1.29 is 9.18 Å². The van der Waals surface area contributed by atoms with Gasteiger partial charge in [-0.25, -0.2) is 4.39 Å². The lowest BCUT2D eigenvalue weighted by atomic mass is 9.87. The van der Waals surface area contributed by atoms with Crippen LogP contribution in [0.25, 0.3) is 0 Å². The number of rotatable bonds is 4. The van der Waals surface area contributed by atoms with E-state index in [-0.39, 0.29) is 17.0 Å². The zero-order valence-electron chi connectivity index (χ0n) is 11.1. The highest BCUT2D eigenvalue weighted by atomic mass is 19.1. The normalized spacial score (nSPS) is 11.6. The Morgan fingerprint density at radius 3 is 2.53 bits per heavy atom. The van der Waals surface area contributed by atoms with Gasteiger partial charge in [0.1, 0.15) is 11.6 Å². The van der Waals surface area contributed by atoms with Crippen LogP contribution in [0.4, 0.5) is 4.39 Å². The van der Waals surface area contributed by atoms with Gasteiger partial charge in [0.25, 0.3) is 0 Å². The number of benzene rings is 1. The van der Waals surface area contributed by atoms with Gasteiger partial charge in [-0.1, -0.05) is 26.8 Å². The Kier molecular flexibility index (Phi) is 4.44. The average Bonchev–Trinajstić information content (AvgIpc) is 2.21. The second kappa shape index (κ2) is 5.44. The maximum atomic E-state index is 13.1. The number of Topliss-reactive ketones (excluding diaryl/α,β-unsaturated/α-hetero) is 1. The maximum absolute atomic E-state index is 13.1. The topological polar surface area (TPSA) is 17.1 Å². The van der Waals surface area contributed by atoms with Gasteiger partial charge < -0.3 is 0 Å². The van der Waals surface area contributed by atoms with Gasteiger partial charge in [-0.05, 0) is 43.0 Å². The molecule has 0 fully saturated rings. The van der Waals surface area contributed by atoms with Gasteiger partial charge in [0.2, 0.25) is 0 Å². The van der Waals surface area contributed by atoms with E-state index < -0.39 is 0 Å². The van der Waals surface area contributed by atoms with Gasteiger partial charge in [-0.15, -0.1) is 0 Å². The molecule has 0 heterocycles. The molecular weight excluding hydrogens is 215 g/mol. The van der Waals surface area contributed by atoms with Crippen molar-refractivity contribution >= 4 is 5.78 Å². The summed E-state index contributed by atoms with van der Waals surface area (Å²) in [5, 5.41) is 0. The van der Waals surface area contributed by atoms with Gasteiger partial charge in [0.05, 0.1) is 0 Å². The quantitative estimate of drug-likeness (QED) is 0.770. The van der Waals surface area contributed by atoms with Crippen LogP contribution < -0.4 is 0 Å². The molecule has 0 radical (unpaired) electrons.